The first-order chi connectivity index (χ1) is 12.5. The number of nitrogens with one attached hydrogen (secondary N) is 1. The summed E-state index contributed by atoms with van der Waals surface area (Å²) in [4.78, 5) is 18.8. The number of H-pyrrole nitrogens is 1. The Labute approximate surface area is 155 Å². The maximum Gasteiger partial charge on any atom is 0.264 e. The zero-order valence-corrected chi connectivity index (χ0v) is 15.1. The van der Waals surface area contributed by atoms with Crippen LogP contribution in [0.3, 0.4) is 0 Å². The van der Waals surface area contributed by atoms with Gasteiger partial charge in [-0.25, -0.2) is 4.39 Å². The smallest absolute Gasteiger partial charge is 0.264 e. The number of benzene rings is 1. The lowest BCUT2D eigenvalue weighted by molar-refractivity contribution is 0.402. The number of allylic oxidation sites excluding steroid dienone is 2. The molecule has 26 heavy (non-hydrogen) atoms. The molecule has 1 heterocycles. The van der Waals surface area contributed by atoms with E-state index in [1.54, 1.807) is 0 Å². The molecule has 0 aliphatic heterocycles. The highest BCUT2D eigenvalue weighted by molar-refractivity contribution is 7.71. The van der Waals surface area contributed by atoms with E-state index in [1.165, 1.54) is 53.5 Å². The van der Waals surface area contributed by atoms with E-state index in [4.69, 9.17) is 12.2 Å². The minimum absolute atomic E-state index is 0.0283. The van der Waals surface area contributed by atoms with Crippen molar-refractivity contribution in [3.63, 3.8) is 0 Å². The van der Waals surface area contributed by atoms with Gasteiger partial charge in [-0.15, -0.1) is 0 Å². The molecule has 7 heteroatoms. The van der Waals surface area contributed by atoms with Crippen LogP contribution in [0.5, 0.6) is 5.88 Å². The van der Waals surface area contributed by atoms with E-state index in [-0.39, 0.29) is 22.0 Å². The number of hydrogen-bond acceptors (Lipinski definition) is 4. The highest BCUT2D eigenvalue weighted by atomic mass is 32.1. The highest BCUT2D eigenvalue weighted by Crippen LogP contribution is 2.22. The van der Waals surface area contributed by atoms with Crippen molar-refractivity contribution in [3.05, 3.63) is 62.4 Å². The maximum absolute atomic E-state index is 12.9. The number of aromatic amines is 1. The first kappa shape index (κ1) is 18.3. The van der Waals surface area contributed by atoms with Crippen molar-refractivity contribution in [2.75, 3.05) is 0 Å². The fourth-order valence-electron chi connectivity index (χ4n) is 2.95. The molecule has 0 unspecified atom stereocenters. The molecule has 5 nitrogen and oxygen atoms in total. The van der Waals surface area contributed by atoms with Gasteiger partial charge < -0.3 is 5.11 Å². The van der Waals surface area contributed by atoms with Crippen molar-refractivity contribution >= 4 is 24.1 Å². The van der Waals surface area contributed by atoms with Crippen molar-refractivity contribution in [2.45, 2.75) is 38.6 Å². The topological polar surface area (TPSA) is 70.4 Å². The predicted octanol–water partition coefficient (Wildman–Crippen LogP) is 4.39. The summed E-state index contributed by atoms with van der Waals surface area (Å²) in [6.45, 7) is 0.491. The largest absolute Gasteiger partial charge is 0.494 e. The third kappa shape index (κ3) is 4.35. The Balaban J connectivity index is 1.86. The molecular formula is C19H20FN3O2S. The first-order valence-electron chi connectivity index (χ1n) is 8.58. The second kappa shape index (κ2) is 8.23. The van der Waals surface area contributed by atoms with Crippen LogP contribution in [0.4, 0.5) is 10.1 Å². The standard InChI is InChI=1S/C19H20FN3O2S/c20-14-6-8-15(9-7-14)21-12-16-17(24)22-19(26)23(18(16)25)11-10-13-4-2-1-3-5-13/h4,6-9,12,25H,1-3,5,10-11H2,(H,22,24,26). The van der Waals surface area contributed by atoms with Crippen LogP contribution in [0, 0.1) is 10.6 Å². The van der Waals surface area contributed by atoms with Gasteiger partial charge >= 0.3 is 0 Å². The van der Waals surface area contributed by atoms with Gasteiger partial charge in [-0.05, 0) is 68.6 Å². The Hall–Kier alpha value is -2.54. The molecule has 0 amide bonds. The number of nitrogens with zero attached hydrogens (tertiary/aromatic N) is 2. The average molecular weight is 373 g/mol. The summed E-state index contributed by atoms with van der Waals surface area (Å²) in [5.74, 6) is -0.573. The lowest BCUT2D eigenvalue weighted by Gasteiger charge is -2.15. The van der Waals surface area contributed by atoms with Crippen LogP contribution in [-0.4, -0.2) is 20.9 Å². The minimum Gasteiger partial charge on any atom is -0.494 e. The Bertz CT molecular complexity index is 958. The van der Waals surface area contributed by atoms with Crippen LogP contribution >= 0.6 is 12.2 Å². The monoisotopic (exact) mass is 373 g/mol. The molecule has 0 bridgehead atoms. The fourth-order valence-corrected chi connectivity index (χ4v) is 3.22. The lowest BCUT2D eigenvalue weighted by Crippen LogP contribution is -2.19. The van der Waals surface area contributed by atoms with Gasteiger partial charge in [0, 0.05) is 12.8 Å². The Kier molecular flexibility index (Phi) is 5.78. The van der Waals surface area contributed by atoms with Crippen LogP contribution in [0.1, 0.15) is 37.7 Å². The Morgan fingerprint density at radius 3 is 2.77 bits per heavy atom. The summed E-state index contributed by atoms with van der Waals surface area (Å²) < 4.78 is 14.6. The number of aliphatic imine (C=N–C) groups is 1. The van der Waals surface area contributed by atoms with E-state index in [9.17, 15) is 14.3 Å². The predicted molar refractivity (Wildman–Crippen MR) is 102 cm³/mol. The van der Waals surface area contributed by atoms with E-state index < -0.39 is 5.56 Å². The van der Waals surface area contributed by atoms with Crippen molar-refractivity contribution in [2.24, 2.45) is 4.99 Å². The third-order valence-electron chi connectivity index (χ3n) is 4.42. The van der Waals surface area contributed by atoms with E-state index in [0.29, 0.717) is 12.2 Å². The summed E-state index contributed by atoms with van der Waals surface area (Å²) in [6.07, 6.45) is 8.85. The minimum atomic E-state index is -0.508. The summed E-state index contributed by atoms with van der Waals surface area (Å²) >= 11 is 5.19. The van der Waals surface area contributed by atoms with Crippen LogP contribution in [-0.2, 0) is 6.54 Å². The van der Waals surface area contributed by atoms with E-state index in [1.807, 2.05) is 0 Å². The lowest BCUT2D eigenvalue weighted by atomic mass is 9.97. The molecule has 0 saturated carbocycles. The van der Waals surface area contributed by atoms with E-state index in [0.717, 1.165) is 19.3 Å². The molecule has 1 aromatic carbocycles. The van der Waals surface area contributed by atoms with Gasteiger partial charge in [-0.3, -0.25) is 19.3 Å². The van der Waals surface area contributed by atoms with Crippen molar-refractivity contribution in [1.29, 1.82) is 0 Å². The number of rotatable bonds is 5. The van der Waals surface area contributed by atoms with Gasteiger partial charge in [-0.1, -0.05) is 11.6 Å². The molecule has 2 aromatic rings. The van der Waals surface area contributed by atoms with Gasteiger partial charge in [-0.2, -0.15) is 0 Å². The highest BCUT2D eigenvalue weighted by Gasteiger charge is 2.12. The summed E-state index contributed by atoms with van der Waals surface area (Å²) in [5.41, 5.74) is 1.35. The second-order valence-electron chi connectivity index (χ2n) is 6.24. The van der Waals surface area contributed by atoms with Gasteiger partial charge in [0.25, 0.3) is 5.56 Å². The molecule has 0 radical (unpaired) electrons. The molecule has 2 N–H and O–H groups in total. The molecule has 0 saturated heterocycles. The summed E-state index contributed by atoms with van der Waals surface area (Å²) in [6, 6.07) is 5.53. The molecule has 0 spiro atoms. The van der Waals surface area contributed by atoms with Crippen molar-refractivity contribution < 1.29 is 9.50 Å². The second-order valence-corrected chi connectivity index (χ2v) is 6.63. The maximum atomic E-state index is 12.9. The van der Waals surface area contributed by atoms with Gasteiger partial charge in [0.2, 0.25) is 5.88 Å². The SMILES string of the molecule is O=c1[nH]c(=S)n(CCC2=CCCCC2)c(O)c1C=Nc1ccc(F)cc1. The molecular weight excluding hydrogens is 353 g/mol. The van der Waals surface area contributed by atoms with Gasteiger partial charge in [0.1, 0.15) is 11.4 Å². The van der Waals surface area contributed by atoms with Crippen LogP contribution in [0.2, 0.25) is 0 Å². The van der Waals surface area contributed by atoms with E-state index in [2.05, 4.69) is 16.1 Å². The molecule has 3 rings (SSSR count). The number of halogens is 1. The molecule has 136 valence electrons. The Morgan fingerprint density at radius 1 is 1.31 bits per heavy atom. The molecule has 1 aliphatic carbocycles. The van der Waals surface area contributed by atoms with Gasteiger partial charge in [0.05, 0.1) is 5.69 Å². The molecule has 0 atom stereocenters. The van der Waals surface area contributed by atoms with Crippen LogP contribution in [0.25, 0.3) is 0 Å². The van der Waals surface area contributed by atoms with Gasteiger partial charge in [0.15, 0.2) is 4.77 Å². The van der Waals surface area contributed by atoms with Crippen LogP contribution in [0.15, 0.2) is 45.7 Å². The zero-order chi connectivity index (χ0) is 18.5. The Morgan fingerprint density at radius 2 is 2.08 bits per heavy atom. The number of aromatic nitrogens is 2. The average Bonchev–Trinajstić information content (AvgIpc) is 2.63. The van der Waals surface area contributed by atoms with Crippen LogP contribution < -0.4 is 5.56 Å². The summed E-state index contributed by atoms with van der Waals surface area (Å²) in [5, 5.41) is 10.5. The first-order valence-corrected chi connectivity index (χ1v) is 8.99. The summed E-state index contributed by atoms with van der Waals surface area (Å²) in [7, 11) is 0. The van der Waals surface area contributed by atoms with Crippen molar-refractivity contribution in [1.82, 2.24) is 9.55 Å². The quantitative estimate of drug-likeness (QED) is 0.464. The van der Waals surface area contributed by atoms with E-state index >= 15 is 0 Å². The normalized spacial score (nSPS) is 14.6. The number of aromatic hydroxyl groups is 1. The van der Waals surface area contributed by atoms with Crippen molar-refractivity contribution in [3.8, 4) is 5.88 Å². The fraction of sp³-hybridized carbons (Fsp3) is 0.316. The third-order valence-corrected chi connectivity index (χ3v) is 4.74. The zero-order valence-electron chi connectivity index (χ0n) is 14.2. The number of hydrogen-bond donors (Lipinski definition) is 2. The molecule has 0 fully saturated rings. The molecule has 1 aromatic heterocycles. The molecule has 1 aliphatic rings.